The van der Waals surface area contributed by atoms with Crippen LogP contribution in [-0.2, 0) is 11.3 Å². The molecule has 13 heavy (non-hydrogen) atoms. The first-order valence-corrected chi connectivity index (χ1v) is 4.44. The highest BCUT2D eigenvalue weighted by Gasteiger charge is 2.24. The Kier molecular flexibility index (Phi) is 2.56. The Morgan fingerprint density at radius 3 is 3.23 bits per heavy atom. The van der Waals surface area contributed by atoms with Crippen molar-refractivity contribution in [2.24, 2.45) is 5.92 Å². The Hall–Kier alpha value is -0.940. The van der Waals surface area contributed by atoms with Crippen LogP contribution >= 0.6 is 0 Å². The maximum absolute atomic E-state index is 9.75. The second kappa shape index (κ2) is 3.85. The Labute approximate surface area is 76.3 Å². The van der Waals surface area contributed by atoms with E-state index in [2.05, 4.69) is 10.1 Å². The molecule has 1 N–H and O–H groups in total. The molecule has 72 valence electrons. The molecule has 0 saturated carbocycles. The first-order valence-electron chi connectivity index (χ1n) is 4.44. The molecule has 1 saturated heterocycles. The van der Waals surface area contributed by atoms with Crippen LogP contribution < -0.4 is 0 Å². The average Bonchev–Trinajstić information content (AvgIpc) is 2.74. The molecule has 5 heteroatoms. The number of rotatable bonds is 3. The van der Waals surface area contributed by atoms with E-state index in [1.807, 2.05) is 0 Å². The predicted molar refractivity (Wildman–Crippen MR) is 45.0 cm³/mol. The van der Waals surface area contributed by atoms with Crippen LogP contribution in [0.25, 0.3) is 0 Å². The summed E-state index contributed by atoms with van der Waals surface area (Å²) >= 11 is 0. The van der Waals surface area contributed by atoms with Crippen LogP contribution in [0.4, 0.5) is 0 Å². The van der Waals surface area contributed by atoms with Gasteiger partial charge in [-0.25, -0.2) is 4.98 Å². The lowest BCUT2D eigenvalue weighted by molar-refractivity contribution is 0.0747. The summed E-state index contributed by atoms with van der Waals surface area (Å²) in [4.78, 5) is 3.81. The minimum atomic E-state index is -0.371. The van der Waals surface area contributed by atoms with Gasteiger partial charge >= 0.3 is 0 Å². The van der Waals surface area contributed by atoms with Crippen LogP contribution in [0, 0.1) is 5.92 Å². The molecule has 1 aromatic heterocycles. The molecule has 0 aliphatic carbocycles. The first kappa shape index (κ1) is 8.65. The zero-order valence-electron chi connectivity index (χ0n) is 7.33. The predicted octanol–water partition coefficient (Wildman–Crippen LogP) is -0.325. The van der Waals surface area contributed by atoms with E-state index < -0.39 is 0 Å². The van der Waals surface area contributed by atoms with Gasteiger partial charge in [-0.15, -0.1) is 0 Å². The van der Waals surface area contributed by atoms with Crippen molar-refractivity contribution in [2.45, 2.75) is 19.1 Å². The first-order chi connectivity index (χ1) is 6.36. The quantitative estimate of drug-likeness (QED) is 0.697. The number of ether oxygens (including phenoxy) is 1. The monoisotopic (exact) mass is 183 g/mol. The molecule has 2 atom stereocenters. The summed E-state index contributed by atoms with van der Waals surface area (Å²) in [6, 6.07) is 0. The summed E-state index contributed by atoms with van der Waals surface area (Å²) in [7, 11) is 0. The molecule has 0 radical (unpaired) electrons. The maximum atomic E-state index is 9.75. The maximum Gasteiger partial charge on any atom is 0.137 e. The molecule has 1 fully saturated rings. The van der Waals surface area contributed by atoms with E-state index in [1.54, 1.807) is 11.0 Å². The van der Waals surface area contributed by atoms with E-state index >= 15 is 0 Å². The van der Waals surface area contributed by atoms with E-state index in [4.69, 9.17) is 4.74 Å². The lowest BCUT2D eigenvalue weighted by atomic mass is 10.0. The van der Waals surface area contributed by atoms with Crippen molar-refractivity contribution in [3.05, 3.63) is 12.7 Å². The Bertz CT molecular complexity index is 244. The van der Waals surface area contributed by atoms with Crippen molar-refractivity contribution >= 4 is 0 Å². The number of nitrogens with zero attached hydrogens (tertiary/aromatic N) is 3. The van der Waals surface area contributed by atoms with Gasteiger partial charge in [-0.05, 0) is 6.42 Å². The van der Waals surface area contributed by atoms with Crippen LogP contribution in [0.3, 0.4) is 0 Å². The fourth-order valence-corrected chi connectivity index (χ4v) is 1.52. The van der Waals surface area contributed by atoms with Crippen molar-refractivity contribution in [3.63, 3.8) is 0 Å². The van der Waals surface area contributed by atoms with Gasteiger partial charge < -0.3 is 9.84 Å². The molecular formula is C8H13N3O2. The van der Waals surface area contributed by atoms with E-state index in [0.717, 1.165) is 13.0 Å². The van der Waals surface area contributed by atoms with E-state index in [1.165, 1.54) is 6.33 Å². The van der Waals surface area contributed by atoms with Gasteiger partial charge in [-0.1, -0.05) is 0 Å². The zero-order chi connectivity index (χ0) is 9.10. The summed E-state index contributed by atoms with van der Waals surface area (Å²) in [5.41, 5.74) is 0. The largest absolute Gasteiger partial charge is 0.391 e. The SMILES string of the molecule is OC(Cn1cncn1)C1CCOC1. The molecule has 0 amide bonds. The van der Waals surface area contributed by atoms with Crippen LogP contribution in [-0.4, -0.2) is 39.2 Å². The topological polar surface area (TPSA) is 60.2 Å². The van der Waals surface area contributed by atoms with Gasteiger partial charge in [0.2, 0.25) is 0 Å². The fraction of sp³-hybridized carbons (Fsp3) is 0.750. The third-order valence-electron chi connectivity index (χ3n) is 2.35. The summed E-state index contributed by atoms with van der Waals surface area (Å²) in [5, 5.41) is 13.7. The highest BCUT2D eigenvalue weighted by molar-refractivity contribution is 4.73. The van der Waals surface area contributed by atoms with E-state index in [-0.39, 0.29) is 12.0 Å². The Balaban J connectivity index is 1.87. The highest BCUT2D eigenvalue weighted by atomic mass is 16.5. The number of aliphatic hydroxyl groups excluding tert-OH is 1. The van der Waals surface area contributed by atoms with Crippen molar-refractivity contribution in [2.75, 3.05) is 13.2 Å². The average molecular weight is 183 g/mol. The van der Waals surface area contributed by atoms with Gasteiger partial charge in [0.25, 0.3) is 0 Å². The van der Waals surface area contributed by atoms with Gasteiger partial charge in [-0.3, -0.25) is 4.68 Å². The molecule has 0 bridgehead atoms. The molecule has 2 unspecified atom stereocenters. The van der Waals surface area contributed by atoms with Crippen LogP contribution in [0.5, 0.6) is 0 Å². The molecule has 5 nitrogen and oxygen atoms in total. The van der Waals surface area contributed by atoms with Crippen LogP contribution in [0.15, 0.2) is 12.7 Å². The van der Waals surface area contributed by atoms with Gasteiger partial charge in [0, 0.05) is 12.5 Å². The normalized spacial score (nSPS) is 24.8. The number of aliphatic hydroxyl groups is 1. The third kappa shape index (κ3) is 2.05. The van der Waals surface area contributed by atoms with Crippen molar-refractivity contribution in [1.82, 2.24) is 14.8 Å². The van der Waals surface area contributed by atoms with Gasteiger partial charge in [0.1, 0.15) is 12.7 Å². The lowest BCUT2D eigenvalue weighted by Crippen LogP contribution is -2.26. The minimum Gasteiger partial charge on any atom is -0.391 e. The number of hydrogen-bond acceptors (Lipinski definition) is 4. The standard InChI is InChI=1S/C8H13N3O2/c12-8(7-1-2-13-4-7)3-11-6-9-5-10-11/h5-8,12H,1-4H2. The van der Waals surface area contributed by atoms with E-state index in [9.17, 15) is 5.11 Å². The van der Waals surface area contributed by atoms with Crippen molar-refractivity contribution in [1.29, 1.82) is 0 Å². The molecular weight excluding hydrogens is 170 g/mol. The molecule has 1 aromatic rings. The fourth-order valence-electron chi connectivity index (χ4n) is 1.52. The minimum absolute atomic E-state index is 0.254. The third-order valence-corrected chi connectivity index (χ3v) is 2.35. The van der Waals surface area contributed by atoms with Crippen molar-refractivity contribution < 1.29 is 9.84 Å². The highest BCUT2D eigenvalue weighted by Crippen LogP contribution is 2.17. The molecule has 0 aromatic carbocycles. The van der Waals surface area contributed by atoms with Gasteiger partial charge in [-0.2, -0.15) is 5.10 Å². The van der Waals surface area contributed by atoms with Crippen LogP contribution in [0.2, 0.25) is 0 Å². The summed E-state index contributed by atoms with van der Waals surface area (Å²) in [6.07, 6.45) is 3.65. The molecule has 2 rings (SSSR count). The summed E-state index contributed by atoms with van der Waals surface area (Å²) < 4.78 is 6.83. The van der Waals surface area contributed by atoms with Crippen molar-refractivity contribution in [3.8, 4) is 0 Å². The molecule has 1 aliphatic heterocycles. The van der Waals surface area contributed by atoms with Crippen LogP contribution in [0.1, 0.15) is 6.42 Å². The Morgan fingerprint density at radius 1 is 1.69 bits per heavy atom. The zero-order valence-corrected chi connectivity index (χ0v) is 7.33. The Morgan fingerprint density at radius 2 is 2.62 bits per heavy atom. The lowest BCUT2D eigenvalue weighted by Gasteiger charge is -2.15. The molecule has 2 heterocycles. The van der Waals surface area contributed by atoms with Gasteiger partial charge in [0.05, 0.1) is 19.3 Å². The van der Waals surface area contributed by atoms with E-state index in [0.29, 0.717) is 13.2 Å². The molecule has 0 spiro atoms. The molecule has 1 aliphatic rings. The second-order valence-corrected chi connectivity index (χ2v) is 3.31. The van der Waals surface area contributed by atoms with Gasteiger partial charge in [0.15, 0.2) is 0 Å². The smallest absolute Gasteiger partial charge is 0.137 e. The summed E-state index contributed by atoms with van der Waals surface area (Å²) in [5.74, 6) is 0.254. The summed E-state index contributed by atoms with van der Waals surface area (Å²) in [6.45, 7) is 1.93. The second-order valence-electron chi connectivity index (χ2n) is 3.31. The number of aromatic nitrogens is 3. The number of hydrogen-bond donors (Lipinski definition) is 1.